The van der Waals surface area contributed by atoms with E-state index in [-0.39, 0.29) is 17.6 Å². The number of nitrogens with one attached hydrogen (secondary N) is 1. The molecule has 5 heteroatoms. The van der Waals surface area contributed by atoms with E-state index in [4.69, 9.17) is 9.15 Å². The second-order valence-electron chi connectivity index (χ2n) is 7.38. The highest BCUT2D eigenvalue weighted by Gasteiger charge is 2.20. The standard InChI is InChI=1S/C21H27NO4/c1-13-4-6-15(7-5-13)22-20(23)11-10-18-14(2)17-9-8-16(25-3)12-19(17)26-21(18)24/h8-9,12-13,15H,4-7,10-11H2,1-3H3,(H,22,23). The molecule has 1 aromatic heterocycles. The van der Waals surface area contributed by atoms with Crippen molar-refractivity contribution in [2.45, 2.75) is 58.4 Å². The maximum absolute atomic E-state index is 12.4. The molecule has 1 aliphatic rings. The van der Waals surface area contributed by atoms with Gasteiger partial charge in [-0.15, -0.1) is 0 Å². The molecule has 1 N–H and O–H groups in total. The van der Waals surface area contributed by atoms with Crippen LogP contribution in [-0.4, -0.2) is 19.1 Å². The SMILES string of the molecule is COc1ccc2c(C)c(CCC(=O)NC3CCC(C)CC3)c(=O)oc2c1. The van der Waals surface area contributed by atoms with Crippen LogP contribution in [-0.2, 0) is 11.2 Å². The average molecular weight is 357 g/mol. The summed E-state index contributed by atoms with van der Waals surface area (Å²) in [7, 11) is 1.58. The molecule has 1 fully saturated rings. The van der Waals surface area contributed by atoms with E-state index in [0.29, 0.717) is 29.7 Å². The van der Waals surface area contributed by atoms with Crippen molar-refractivity contribution in [3.8, 4) is 5.75 Å². The lowest BCUT2D eigenvalue weighted by molar-refractivity contribution is -0.122. The number of carbonyl (C=O) groups is 1. The molecule has 1 aromatic carbocycles. The first-order chi connectivity index (χ1) is 12.5. The molecule has 0 radical (unpaired) electrons. The van der Waals surface area contributed by atoms with Crippen molar-refractivity contribution in [3.63, 3.8) is 0 Å². The summed E-state index contributed by atoms with van der Waals surface area (Å²) < 4.78 is 10.6. The smallest absolute Gasteiger partial charge is 0.339 e. The van der Waals surface area contributed by atoms with Crippen LogP contribution in [0, 0.1) is 12.8 Å². The van der Waals surface area contributed by atoms with Crippen molar-refractivity contribution in [2.24, 2.45) is 5.92 Å². The predicted molar refractivity (Wildman–Crippen MR) is 102 cm³/mol. The first kappa shape index (κ1) is 18.5. The van der Waals surface area contributed by atoms with Gasteiger partial charge in [0.05, 0.1) is 7.11 Å². The van der Waals surface area contributed by atoms with Crippen molar-refractivity contribution in [3.05, 3.63) is 39.7 Å². The molecule has 26 heavy (non-hydrogen) atoms. The van der Waals surface area contributed by atoms with Crippen LogP contribution in [0.15, 0.2) is 27.4 Å². The minimum absolute atomic E-state index is 0.0122. The number of hydrogen-bond acceptors (Lipinski definition) is 4. The molecule has 0 spiro atoms. The molecule has 3 rings (SSSR count). The van der Waals surface area contributed by atoms with Crippen molar-refractivity contribution < 1.29 is 13.9 Å². The van der Waals surface area contributed by atoms with Gasteiger partial charge in [-0.1, -0.05) is 6.92 Å². The fourth-order valence-electron chi connectivity index (χ4n) is 3.73. The molecule has 0 unspecified atom stereocenters. The Hall–Kier alpha value is -2.30. The zero-order valence-electron chi connectivity index (χ0n) is 15.8. The van der Waals surface area contributed by atoms with Gasteiger partial charge >= 0.3 is 5.63 Å². The Labute approximate surface area is 153 Å². The quantitative estimate of drug-likeness (QED) is 0.828. The summed E-state index contributed by atoms with van der Waals surface area (Å²) in [4.78, 5) is 24.6. The number of aryl methyl sites for hydroxylation is 1. The molecule has 0 saturated heterocycles. The van der Waals surface area contributed by atoms with Gasteiger partial charge < -0.3 is 14.5 Å². The summed E-state index contributed by atoms with van der Waals surface area (Å²) in [5.41, 5.74) is 1.59. The second-order valence-corrected chi connectivity index (χ2v) is 7.38. The Morgan fingerprint density at radius 1 is 1.27 bits per heavy atom. The van der Waals surface area contributed by atoms with Gasteiger partial charge in [0.1, 0.15) is 11.3 Å². The molecule has 0 bridgehead atoms. The number of fused-ring (bicyclic) bond motifs is 1. The number of ether oxygens (including phenoxy) is 1. The lowest BCUT2D eigenvalue weighted by Crippen LogP contribution is -2.37. The Morgan fingerprint density at radius 3 is 2.69 bits per heavy atom. The van der Waals surface area contributed by atoms with Crippen LogP contribution < -0.4 is 15.7 Å². The third-order valence-corrected chi connectivity index (χ3v) is 5.48. The predicted octanol–water partition coefficient (Wildman–Crippen LogP) is 3.74. The van der Waals surface area contributed by atoms with Gasteiger partial charge in [-0.2, -0.15) is 0 Å². The van der Waals surface area contributed by atoms with E-state index in [2.05, 4.69) is 12.2 Å². The fraction of sp³-hybridized carbons (Fsp3) is 0.524. The maximum atomic E-state index is 12.4. The fourth-order valence-corrected chi connectivity index (χ4v) is 3.73. The molecule has 1 saturated carbocycles. The Bertz CT molecular complexity index is 847. The normalized spacial score (nSPS) is 20.1. The molecule has 2 aromatic rings. The van der Waals surface area contributed by atoms with Crippen molar-refractivity contribution >= 4 is 16.9 Å². The molecule has 1 amide bonds. The van der Waals surface area contributed by atoms with E-state index >= 15 is 0 Å². The highest BCUT2D eigenvalue weighted by Crippen LogP contribution is 2.25. The van der Waals surface area contributed by atoms with Gasteiger partial charge in [-0.3, -0.25) is 4.79 Å². The summed E-state index contributed by atoms with van der Waals surface area (Å²) in [6.07, 6.45) is 5.13. The van der Waals surface area contributed by atoms with E-state index in [9.17, 15) is 9.59 Å². The van der Waals surface area contributed by atoms with Gasteiger partial charge in [0.15, 0.2) is 0 Å². The molecule has 0 aliphatic heterocycles. The molecule has 140 valence electrons. The zero-order chi connectivity index (χ0) is 18.7. The Balaban J connectivity index is 1.68. The molecular weight excluding hydrogens is 330 g/mol. The van der Waals surface area contributed by atoms with E-state index in [0.717, 1.165) is 29.7 Å². The van der Waals surface area contributed by atoms with Crippen LogP contribution in [0.2, 0.25) is 0 Å². The van der Waals surface area contributed by atoms with Gasteiger partial charge in [0.25, 0.3) is 0 Å². The number of methoxy groups -OCH3 is 1. The van der Waals surface area contributed by atoms with Crippen LogP contribution >= 0.6 is 0 Å². The summed E-state index contributed by atoms with van der Waals surface area (Å²) in [5, 5.41) is 3.99. The Kier molecular flexibility index (Phi) is 5.64. The minimum Gasteiger partial charge on any atom is -0.497 e. The van der Waals surface area contributed by atoms with E-state index in [1.165, 1.54) is 12.8 Å². The topological polar surface area (TPSA) is 68.5 Å². The van der Waals surface area contributed by atoms with E-state index in [1.807, 2.05) is 19.1 Å². The highest BCUT2D eigenvalue weighted by molar-refractivity contribution is 5.82. The third-order valence-electron chi connectivity index (χ3n) is 5.48. The monoisotopic (exact) mass is 357 g/mol. The Morgan fingerprint density at radius 2 is 2.00 bits per heavy atom. The average Bonchev–Trinajstić information content (AvgIpc) is 2.63. The number of benzene rings is 1. The number of amides is 1. The minimum atomic E-state index is -0.373. The lowest BCUT2D eigenvalue weighted by Gasteiger charge is -2.26. The lowest BCUT2D eigenvalue weighted by atomic mass is 9.87. The van der Waals surface area contributed by atoms with Gasteiger partial charge in [0.2, 0.25) is 5.91 Å². The molecule has 1 aliphatic carbocycles. The van der Waals surface area contributed by atoms with E-state index < -0.39 is 0 Å². The largest absolute Gasteiger partial charge is 0.497 e. The summed E-state index contributed by atoms with van der Waals surface area (Å²) >= 11 is 0. The highest BCUT2D eigenvalue weighted by atomic mass is 16.5. The van der Waals surface area contributed by atoms with E-state index in [1.54, 1.807) is 13.2 Å². The maximum Gasteiger partial charge on any atom is 0.339 e. The molecular formula is C21H27NO4. The van der Waals surface area contributed by atoms with Gasteiger partial charge in [-0.05, 0) is 62.6 Å². The van der Waals surface area contributed by atoms with Crippen molar-refractivity contribution in [2.75, 3.05) is 7.11 Å². The number of rotatable bonds is 5. The van der Waals surface area contributed by atoms with Gasteiger partial charge in [-0.25, -0.2) is 4.79 Å². The first-order valence-electron chi connectivity index (χ1n) is 9.37. The summed E-state index contributed by atoms with van der Waals surface area (Å²) in [5.74, 6) is 1.42. The first-order valence-corrected chi connectivity index (χ1v) is 9.37. The number of carbonyl (C=O) groups excluding carboxylic acids is 1. The molecule has 5 nitrogen and oxygen atoms in total. The van der Waals surface area contributed by atoms with Crippen LogP contribution in [0.3, 0.4) is 0 Å². The number of hydrogen-bond donors (Lipinski definition) is 1. The molecule has 1 heterocycles. The second kappa shape index (κ2) is 7.94. The zero-order valence-corrected chi connectivity index (χ0v) is 15.8. The summed E-state index contributed by atoms with van der Waals surface area (Å²) in [6, 6.07) is 5.72. The van der Waals surface area contributed by atoms with Crippen LogP contribution in [0.1, 0.15) is 50.2 Å². The third kappa shape index (κ3) is 4.09. The van der Waals surface area contributed by atoms with Crippen LogP contribution in [0.4, 0.5) is 0 Å². The van der Waals surface area contributed by atoms with Gasteiger partial charge in [0, 0.05) is 29.5 Å². The van der Waals surface area contributed by atoms with Crippen molar-refractivity contribution in [1.29, 1.82) is 0 Å². The van der Waals surface area contributed by atoms with Crippen molar-refractivity contribution in [1.82, 2.24) is 5.32 Å². The van der Waals surface area contributed by atoms with Crippen LogP contribution in [0.5, 0.6) is 5.75 Å². The van der Waals surface area contributed by atoms with Crippen LogP contribution in [0.25, 0.3) is 11.0 Å². The summed E-state index contributed by atoms with van der Waals surface area (Å²) in [6.45, 7) is 4.16. The molecule has 0 atom stereocenters.